The summed E-state index contributed by atoms with van der Waals surface area (Å²) < 4.78 is 29.8. The van der Waals surface area contributed by atoms with Crippen molar-refractivity contribution in [1.29, 1.82) is 0 Å². The Morgan fingerprint density at radius 2 is 1.96 bits per heavy atom. The number of alkyl halides is 1. The molecule has 2 atom stereocenters. The first-order valence-corrected chi connectivity index (χ1v) is 10.3. The molecule has 0 aliphatic heterocycles. The van der Waals surface area contributed by atoms with Crippen molar-refractivity contribution in [3.63, 3.8) is 0 Å². The summed E-state index contributed by atoms with van der Waals surface area (Å²) in [6.07, 6.45) is 1.22. The minimum Gasteiger partial charge on any atom is -0.326 e. The van der Waals surface area contributed by atoms with Crippen molar-refractivity contribution < 1.29 is 23.2 Å². The number of aromatic nitrogens is 2. The van der Waals surface area contributed by atoms with Gasteiger partial charge in [0.1, 0.15) is 5.94 Å². The highest BCUT2D eigenvalue weighted by atomic mass is 32.2. The molecule has 1 heterocycles. The van der Waals surface area contributed by atoms with E-state index in [0.717, 1.165) is 22.4 Å². The van der Waals surface area contributed by atoms with Crippen LogP contribution in [0, 0.1) is 5.92 Å². The van der Waals surface area contributed by atoms with Gasteiger partial charge in [0.2, 0.25) is 0 Å². The second-order valence-corrected chi connectivity index (χ2v) is 7.31. The van der Waals surface area contributed by atoms with Crippen LogP contribution in [-0.4, -0.2) is 38.3 Å². The second-order valence-electron chi connectivity index (χ2n) is 5.51. The summed E-state index contributed by atoms with van der Waals surface area (Å²) in [6, 6.07) is 8.96. The third-order valence-corrected chi connectivity index (χ3v) is 5.16. The Hall–Kier alpha value is -2.00. The van der Waals surface area contributed by atoms with Gasteiger partial charge in [0.25, 0.3) is 11.5 Å². The average molecular weight is 416 g/mol. The number of hydrogen-bond acceptors (Lipinski definition) is 6. The van der Waals surface area contributed by atoms with Gasteiger partial charge in [0.05, 0.1) is 6.67 Å². The third kappa shape index (κ3) is 6.00. The molecule has 0 bridgehead atoms. The Morgan fingerprint density at radius 1 is 1.26 bits per heavy atom. The molecule has 146 valence electrons. The molecule has 0 spiro atoms. The number of thioether (sulfide) groups is 1. The van der Waals surface area contributed by atoms with Crippen LogP contribution in [0.25, 0.3) is 0 Å². The average Bonchev–Trinajstić information content (AvgIpc) is 2.66. The standard InChI is InChI=1S/C16H18FN2O6PS/c17-8-12(10-27-11-25-26(23)24)9-18-7-6-14(20)19(16(18)22)15(21)13-4-2-1-3-5-13/h1-7,12,26H,8-11H2,(H,23,24). The minimum atomic E-state index is -3.04. The lowest BCUT2D eigenvalue weighted by molar-refractivity contribution is 0.0948. The molecule has 1 N–H and O–H groups in total. The number of carbonyl (C=O) groups excluding carboxylic acids is 1. The van der Waals surface area contributed by atoms with E-state index >= 15 is 0 Å². The van der Waals surface area contributed by atoms with Crippen LogP contribution in [0.15, 0.2) is 52.2 Å². The molecular weight excluding hydrogens is 398 g/mol. The molecule has 0 aliphatic carbocycles. The summed E-state index contributed by atoms with van der Waals surface area (Å²) >= 11 is 1.10. The van der Waals surface area contributed by atoms with E-state index in [-0.39, 0.29) is 23.8 Å². The molecule has 2 unspecified atom stereocenters. The molecule has 0 saturated carbocycles. The lowest BCUT2D eigenvalue weighted by Gasteiger charge is -2.15. The first-order valence-electron chi connectivity index (χ1n) is 7.85. The van der Waals surface area contributed by atoms with Gasteiger partial charge < -0.3 is 4.89 Å². The van der Waals surface area contributed by atoms with Crippen molar-refractivity contribution in [2.75, 3.05) is 18.4 Å². The Morgan fingerprint density at radius 3 is 2.59 bits per heavy atom. The van der Waals surface area contributed by atoms with E-state index in [1.807, 2.05) is 0 Å². The molecule has 2 aromatic rings. The van der Waals surface area contributed by atoms with Gasteiger partial charge in [0, 0.05) is 36.0 Å². The van der Waals surface area contributed by atoms with Crippen LogP contribution >= 0.6 is 20.0 Å². The van der Waals surface area contributed by atoms with E-state index < -0.39 is 38.0 Å². The fourth-order valence-corrected chi connectivity index (χ4v) is 3.64. The highest BCUT2D eigenvalue weighted by Gasteiger charge is 2.17. The van der Waals surface area contributed by atoms with Gasteiger partial charge in [-0.2, -0.15) is 4.57 Å². The predicted molar refractivity (Wildman–Crippen MR) is 100 cm³/mol. The molecule has 0 fully saturated rings. The molecule has 1 aromatic carbocycles. The lowest BCUT2D eigenvalue weighted by atomic mass is 10.2. The van der Waals surface area contributed by atoms with Crippen molar-refractivity contribution in [2.45, 2.75) is 6.54 Å². The molecule has 1 aromatic heterocycles. The number of nitrogens with zero attached hydrogens (tertiary/aromatic N) is 2. The zero-order valence-corrected chi connectivity index (χ0v) is 15.9. The van der Waals surface area contributed by atoms with Crippen LogP contribution in [0.1, 0.15) is 10.4 Å². The summed E-state index contributed by atoms with van der Waals surface area (Å²) in [6.45, 7) is -0.807. The largest absolute Gasteiger partial charge is 0.338 e. The maximum absolute atomic E-state index is 13.3. The summed E-state index contributed by atoms with van der Waals surface area (Å²) in [5, 5.41) is 0. The minimum absolute atomic E-state index is 0.0566. The van der Waals surface area contributed by atoms with Crippen LogP contribution in [0.2, 0.25) is 0 Å². The maximum Gasteiger partial charge on any atom is 0.338 e. The molecular formula is C16H18FN2O6PS. The van der Waals surface area contributed by atoms with E-state index in [1.54, 1.807) is 18.2 Å². The SMILES string of the molecule is O=C(c1ccccc1)n1c(=O)ccn(CC(CF)CSCO[PH](=O)O)c1=O. The highest BCUT2D eigenvalue weighted by molar-refractivity contribution is 7.99. The van der Waals surface area contributed by atoms with Gasteiger partial charge in [-0.3, -0.25) is 27.6 Å². The molecule has 0 radical (unpaired) electrons. The van der Waals surface area contributed by atoms with Crippen molar-refractivity contribution in [2.24, 2.45) is 5.92 Å². The summed E-state index contributed by atoms with van der Waals surface area (Å²) in [4.78, 5) is 45.6. The quantitative estimate of drug-likeness (QED) is 0.374. The highest BCUT2D eigenvalue weighted by Crippen LogP contribution is 2.19. The van der Waals surface area contributed by atoms with Gasteiger partial charge in [0.15, 0.2) is 0 Å². The molecule has 0 amide bonds. The van der Waals surface area contributed by atoms with Gasteiger partial charge in [-0.05, 0) is 12.1 Å². The van der Waals surface area contributed by atoms with Crippen LogP contribution in [-0.2, 0) is 15.6 Å². The van der Waals surface area contributed by atoms with Crippen LogP contribution in [0.5, 0.6) is 0 Å². The van der Waals surface area contributed by atoms with Crippen molar-refractivity contribution in [3.05, 3.63) is 69.0 Å². The van der Waals surface area contributed by atoms with Gasteiger partial charge in [-0.15, -0.1) is 11.8 Å². The van der Waals surface area contributed by atoms with Gasteiger partial charge in [-0.25, -0.2) is 4.79 Å². The Kier molecular flexibility index (Phi) is 8.18. The molecule has 2 rings (SSSR count). The van der Waals surface area contributed by atoms with Gasteiger partial charge in [-0.1, -0.05) is 18.2 Å². The maximum atomic E-state index is 13.3. The molecule has 8 nitrogen and oxygen atoms in total. The van der Waals surface area contributed by atoms with E-state index in [2.05, 4.69) is 4.52 Å². The fraction of sp³-hybridized carbons (Fsp3) is 0.312. The second kappa shape index (κ2) is 10.4. The fourth-order valence-electron chi connectivity index (χ4n) is 2.28. The summed E-state index contributed by atoms with van der Waals surface area (Å²) in [5.74, 6) is -1.21. The monoisotopic (exact) mass is 416 g/mol. The Bertz CT molecular complexity index is 917. The molecule has 0 aliphatic rings. The Labute approximate surface area is 158 Å². The van der Waals surface area contributed by atoms with Crippen molar-refractivity contribution >= 4 is 25.9 Å². The first kappa shape index (κ1) is 21.3. The van der Waals surface area contributed by atoms with E-state index in [4.69, 9.17) is 4.89 Å². The topological polar surface area (TPSA) is 108 Å². The molecule has 27 heavy (non-hydrogen) atoms. The Balaban J connectivity index is 2.18. The van der Waals surface area contributed by atoms with Crippen molar-refractivity contribution in [3.8, 4) is 0 Å². The molecule has 0 saturated heterocycles. The smallest absolute Gasteiger partial charge is 0.326 e. The number of hydrogen-bond donors (Lipinski definition) is 1. The first-order chi connectivity index (χ1) is 12.9. The number of carbonyl (C=O) groups is 1. The van der Waals surface area contributed by atoms with Crippen LogP contribution in [0.4, 0.5) is 4.39 Å². The van der Waals surface area contributed by atoms with E-state index in [0.29, 0.717) is 4.57 Å². The molecule has 11 heteroatoms. The zero-order chi connectivity index (χ0) is 19.8. The van der Waals surface area contributed by atoms with Crippen molar-refractivity contribution in [1.82, 2.24) is 9.13 Å². The third-order valence-electron chi connectivity index (χ3n) is 3.57. The lowest BCUT2D eigenvalue weighted by Crippen LogP contribution is -2.44. The van der Waals surface area contributed by atoms with E-state index in [1.165, 1.54) is 18.3 Å². The zero-order valence-electron chi connectivity index (χ0n) is 14.1. The van der Waals surface area contributed by atoms with Crippen LogP contribution in [0.3, 0.4) is 0 Å². The van der Waals surface area contributed by atoms with Gasteiger partial charge >= 0.3 is 13.9 Å². The number of halogens is 1. The van der Waals surface area contributed by atoms with E-state index in [9.17, 15) is 23.3 Å². The number of rotatable bonds is 9. The normalized spacial score (nSPS) is 13.3. The number of benzene rings is 1. The van der Waals surface area contributed by atoms with Crippen LogP contribution < -0.4 is 11.2 Å². The summed E-state index contributed by atoms with van der Waals surface area (Å²) in [7, 11) is -3.04. The predicted octanol–water partition coefficient (Wildman–Crippen LogP) is 1.37. The summed E-state index contributed by atoms with van der Waals surface area (Å²) in [5.41, 5.74) is -1.43.